The molecule has 0 atom stereocenters. The molecular weight excluding hydrogens is 112 g/mol. The van der Waals surface area contributed by atoms with Gasteiger partial charge in [0.2, 0.25) is 0 Å². The summed E-state index contributed by atoms with van der Waals surface area (Å²) < 4.78 is 0. The maximum atomic E-state index is 3.96. The van der Waals surface area contributed by atoms with E-state index in [1.165, 1.54) is 0 Å². The minimum Gasteiger partial charge on any atom is -0.346 e. The summed E-state index contributed by atoms with van der Waals surface area (Å²) in [6, 6.07) is 5.76. The second-order valence-corrected chi connectivity index (χ2v) is 1.86. The zero-order valence-corrected chi connectivity index (χ0v) is 4.76. The predicted molar refractivity (Wildman–Crippen MR) is 34.9 cm³/mol. The fraction of sp³-hybridized carbons (Fsp3) is 0. The number of fused-ring (bicyclic) bond motifs is 1. The lowest BCUT2D eigenvalue weighted by Crippen LogP contribution is -1.71. The first-order valence-corrected chi connectivity index (χ1v) is 2.77. The summed E-state index contributed by atoms with van der Waals surface area (Å²) >= 11 is 0. The van der Waals surface area contributed by atoms with Crippen molar-refractivity contribution < 1.29 is 0 Å². The third-order valence-electron chi connectivity index (χ3n) is 1.27. The Labute approximate surface area is 52.5 Å². The molecule has 1 N–H and O–H groups in total. The van der Waals surface area contributed by atoms with Crippen molar-refractivity contribution >= 4 is 11.0 Å². The minimum atomic E-state index is 0.900. The highest BCUT2D eigenvalue weighted by molar-refractivity contribution is 5.74. The molecule has 9 heavy (non-hydrogen) atoms. The van der Waals surface area contributed by atoms with Crippen molar-refractivity contribution in [1.82, 2.24) is 9.97 Å². The number of rotatable bonds is 0. The monoisotopic (exact) mass is 117 g/mol. The van der Waals surface area contributed by atoms with Crippen molar-refractivity contribution in [2.45, 2.75) is 0 Å². The van der Waals surface area contributed by atoms with E-state index in [1.807, 2.05) is 18.3 Å². The summed E-state index contributed by atoms with van der Waals surface area (Å²) in [5, 5.41) is 1.13. The molecule has 1 radical (unpaired) electrons. The molecule has 0 bridgehead atoms. The Hall–Kier alpha value is -1.31. The molecule has 0 fully saturated rings. The number of aromatic amines is 1. The number of aromatic nitrogens is 2. The van der Waals surface area contributed by atoms with Crippen LogP contribution >= 0.6 is 0 Å². The first kappa shape index (κ1) is 4.56. The molecule has 2 aromatic heterocycles. The van der Waals surface area contributed by atoms with Gasteiger partial charge in [0.25, 0.3) is 0 Å². The van der Waals surface area contributed by atoms with Gasteiger partial charge in [-0.25, -0.2) is 4.98 Å². The largest absolute Gasteiger partial charge is 0.346 e. The Bertz CT molecular complexity index is 281. The Morgan fingerprint density at radius 3 is 3.33 bits per heavy atom. The van der Waals surface area contributed by atoms with Gasteiger partial charge in [0.1, 0.15) is 5.65 Å². The van der Waals surface area contributed by atoms with Gasteiger partial charge in [0.15, 0.2) is 0 Å². The van der Waals surface area contributed by atoms with Crippen molar-refractivity contribution in [3.8, 4) is 0 Å². The van der Waals surface area contributed by atoms with E-state index in [4.69, 9.17) is 0 Å². The van der Waals surface area contributed by atoms with Crippen molar-refractivity contribution in [3.63, 3.8) is 0 Å². The fourth-order valence-corrected chi connectivity index (χ4v) is 0.833. The summed E-state index contributed by atoms with van der Waals surface area (Å²) in [5.41, 5.74) is 0.900. The fourth-order valence-electron chi connectivity index (χ4n) is 0.833. The van der Waals surface area contributed by atoms with E-state index in [2.05, 4.69) is 16.2 Å². The van der Waals surface area contributed by atoms with E-state index in [0.717, 1.165) is 11.0 Å². The number of nitrogens with one attached hydrogen (secondary N) is 1. The maximum absolute atomic E-state index is 3.96. The molecule has 0 amide bonds. The average molecular weight is 117 g/mol. The summed E-state index contributed by atoms with van der Waals surface area (Å²) in [6.45, 7) is 0. The minimum absolute atomic E-state index is 0.900. The molecule has 2 nitrogen and oxygen atoms in total. The predicted octanol–water partition coefficient (Wildman–Crippen LogP) is 1.36. The third kappa shape index (κ3) is 0.598. The van der Waals surface area contributed by atoms with Crippen LogP contribution in [-0.4, -0.2) is 9.97 Å². The van der Waals surface area contributed by atoms with Gasteiger partial charge in [-0.15, -0.1) is 0 Å². The molecule has 2 heterocycles. The highest BCUT2D eigenvalue weighted by atomic mass is 14.8. The summed E-state index contributed by atoms with van der Waals surface area (Å²) in [6.07, 6.45) is 4.61. The van der Waals surface area contributed by atoms with Gasteiger partial charge >= 0.3 is 0 Å². The van der Waals surface area contributed by atoms with Crippen molar-refractivity contribution in [2.75, 3.05) is 0 Å². The van der Waals surface area contributed by atoms with E-state index in [0.29, 0.717) is 0 Å². The lowest BCUT2D eigenvalue weighted by Gasteiger charge is -1.81. The first-order valence-electron chi connectivity index (χ1n) is 2.77. The zero-order chi connectivity index (χ0) is 6.10. The van der Waals surface area contributed by atoms with Crippen LogP contribution in [0.5, 0.6) is 0 Å². The van der Waals surface area contributed by atoms with Gasteiger partial charge < -0.3 is 4.98 Å². The van der Waals surface area contributed by atoms with Crippen molar-refractivity contribution in [1.29, 1.82) is 0 Å². The third-order valence-corrected chi connectivity index (χ3v) is 1.27. The van der Waals surface area contributed by atoms with Crippen LogP contribution < -0.4 is 0 Å². The Balaban J connectivity index is 2.95. The van der Waals surface area contributed by atoms with Crippen LogP contribution in [0.25, 0.3) is 11.0 Å². The number of H-pyrrole nitrogens is 1. The van der Waals surface area contributed by atoms with E-state index < -0.39 is 0 Å². The summed E-state index contributed by atoms with van der Waals surface area (Å²) in [4.78, 5) is 6.94. The molecule has 0 saturated heterocycles. The topological polar surface area (TPSA) is 28.7 Å². The molecule has 2 heteroatoms. The normalized spacial score (nSPS) is 10.2. The molecule has 0 aromatic carbocycles. The molecule has 0 aliphatic heterocycles. The van der Waals surface area contributed by atoms with Gasteiger partial charge in [0.05, 0.1) is 6.20 Å². The van der Waals surface area contributed by atoms with Crippen LogP contribution in [0.1, 0.15) is 0 Å². The van der Waals surface area contributed by atoms with Gasteiger partial charge in [-0.3, -0.25) is 0 Å². The van der Waals surface area contributed by atoms with Crippen LogP contribution in [0.2, 0.25) is 0 Å². The molecule has 0 saturated carbocycles. The van der Waals surface area contributed by atoms with Gasteiger partial charge in [-0.2, -0.15) is 0 Å². The molecule has 0 aliphatic carbocycles. The van der Waals surface area contributed by atoms with E-state index >= 15 is 0 Å². The van der Waals surface area contributed by atoms with Gasteiger partial charge in [-0.05, 0) is 18.2 Å². The summed E-state index contributed by atoms with van der Waals surface area (Å²) in [5.74, 6) is 0. The Kier molecular flexibility index (Phi) is 0.803. The lowest BCUT2D eigenvalue weighted by atomic mass is 10.3. The first-order chi connectivity index (χ1) is 4.47. The Morgan fingerprint density at radius 1 is 1.44 bits per heavy atom. The second kappa shape index (κ2) is 1.58. The van der Waals surface area contributed by atoms with Crippen LogP contribution in [-0.2, 0) is 0 Å². The van der Waals surface area contributed by atoms with Crippen LogP contribution in [0.3, 0.4) is 0 Å². The van der Waals surface area contributed by atoms with E-state index in [9.17, 15) is 0 Å². The van der Waals surface area contributed by atoms with Crippen LogP contribution in [0.15, 0.2) is 24.4 Å². The molecular formula is C7H5N2. The standard InChI is InChI=1S/C7H5N2/c1-2-6-3-5-9-7(6)8-4-1/h1-3,5H,(H,8,9). The Morgan fingerprint density at radius 2 is 2.44 bits per heavy atom. The number of pyridine rings is 1. The zero-order valence-electron chi connectivity index (χ0n) is 4.76. The summed E-state index contributed by atoms with van der Waals surface area (Å²) in [7, 11) is 0. The van der Waals surface area contributed by atoms with Gasteiger partial charge in [-0.1, -0.05) is 0 Å². The molecule has 2 aromatic rings. The number of hydrogen-bond donors (Lipinski definition) is 1. The van der Waals surface area contributed by atoms with Crippen molar-refractivity contribution in [3.05, 3.63) is 30.6 Å². The molecule has 2 rings (SSSR count). The highest BCUT2D eigenvalue weighted by Crippen LogP contribution is 2.05. The maximum Gasteiger partial charge on any atom is 0.138 e. The SMILES string of the molecule is [c]1ccc2cc[nH]c2n1. The molecule has 0 aliphatic rings. The average Bonchev–Trinajstić information content (AvgIpc) is 2.33. The van der Waals surface area contributed by atoms with Crippen LogP contribution in [0, 0.1) is 6.20 Å². The smallest absolute Gasteiger partial charge is 0.138 e. The highest BCUT2D eigenvalue weighted by Gasteiger charge is 1.88. The molecule has 0 spiro atoms. The van der Waals surface area contributed by atoms with E-state index in [-0.39, 0.29) is 0 Å². The van der Waals surface area contributed by atoms with Crippen molar-refractivity contribution in [2.24, 2.45) is 0 Å². The number of hydrogen-bond acceptors (Lipinski definition) is 1. The second-order valence-electron chi connectivity index (χ2n) is 1.86. The van der Waals surface area contributed by atoms with E-state index in [1.54, 1.807) is 6.07 Å². The molecule has 43 valence electrons. The van der Waals surface area contributed by atoms with Crippen LogP contribution in [0.4, 0.5) is 0 Å². The van der Waals surface area contributed by atoms with Gasteiger partial charge in [0, 0.05) is 11.6 Å². The quantitative estimate of drug-likeness (QED) is 0.554. The number of nitrogens with zero attached hydrogens (tertiary/aromatic N) is 1. The molecule has 0 unspecified atom stereocenters. The lowest BCUT2D eigenvalue weighted by molar-refractivity contribution is 1.31.